The molecule has 1 saturated heterocycles. The van der Waals surface area contributed by atoms with Gasteiger partial charge in [-0.25, -0.2) is 4.98 Å². The van der Waals surface area contributed by atoms with Crippen molar-refractivity contribution in [1.82, 2.24) is 14.9 Å². The highest BCUT2D eigenvalue weighted by Gasteiger charge is 2.24. The summed E-state index contributed by atoms with van der Waals surface area (Å²) >= 11 is 0. The molecule has 2 aromatic rings. The highest BCUT2D eigenvalue weighted by atomic mass is 16.5. The highest BCUT2D eigenvalue weighted by Crippen LogP contribution is 2.28. The van der Waals surface area contributed by atoms with Gasteiger partial charge in [-0.3, -0.25) is 4.79 Å². The molecule has 0 aliphatic carbocycles. The van der Waals surface area contributed by atoms with Gasteiger partial charge in [-0.15, -0.1) is 0 Å². The highest BCUT2D eigenvalue weighted by molar-refractivity contribution is 5.79. The number of aromatic nitrogens is 2. The van der Waals surface area contributed by atoms with Crippen LogP contribution >= 0.6 is 0 Å². The van der Waals surface area contributed by atoms with Gasteiger partial charge in [-0.1, -0.05) is 6.07 Å². The van der Waals surface area contributed by atoms with E-state index in [-0.39, 0.29) is 18.0 Å². The summed E-state index contributed by atoms with van der Waals surface area (Å²) in [5.74, 6) is 1.86. The molecule has 0 atom stereocenters. The fraction of sp³-hybridized carbons (Fsp3) is 0.450. The lowest BCUT2D eigenvalue weighted by molar-refractivity contribution is -0.132. The second-order valence-corrected chi connectivity index (χ2v) is 6.45. The fourth-order valence-electron chi connectivity index (χ4n) is 3.16. The molecule has 0 radical (unpaired) electrons. The van der Waals surface area contributed by atoms with Crippen LogP contribution in [0.3, 0.4) is 0 Å². The van der Waals surface area contributed by atoms with Crippen LogP contribution < -0.4 is 18.9 Å². The summed E-state index contributed by atoms with van der Waals surface area (Å²) in [6.45, 7) is 1.30. The number of nitrogens with zero attached hydrogens (tertiary/aromatic N) is 3. The van der Waals surface area contributed by atoms with E-state index in [0.29, 0.717) is 36.9 Å². The van der Waals surface area contributed by atoms with Crippen molar-refractivity contribution in [3.63, 3.8) is 0 Å². The number of methoxy groups -OCH3 is 3. The Balaban J connectivity index is 1.52. The maximum absolute atomic E-state index is 12.6. The zero-order valence-electron chi connectivity index (χ0n) is 16.4. The van der Waals surface area contributed by atoms with E-state index in [0.717, 1.165) is 18.4 Å². The van der Waals surface area contributed by atoms with Crippen LogP contribution in [-0.4, -0.2) is 61.3 Å². The quantitative estimate of drug-likeness (QED) is 0.719. The van der Waals surface area contributed by atoms with Gasteiger partial charge in [0.1, 0.15) is 6.10 Å². The van der Waals surface area contributed by atoms with E-state index in [9.17, 15) is 4.79 Å². The molecule has 1 amide bonds. The average molecular weight is 387 g/mol. The minimum Gasteiger partial charge on any atom is -0.493 e. The molecule has 0 bridgehead atoms. The summed E-state index contributed by atoms with van der Waals surface area (Å²) < 4.78 is 21.5. The molecule has 8 heteroatoms. The minimum absolute atomic E-state index is 0.0183. The molecule has 2 heterocycles. The molecule has 3 rings (SSSR count). The van der Waals surface area contributed by atoms with Crippen molar-refractivity contribution in [2.24, 2.45) is 0 Å². The number of rotatable bonds is 7. The number of piperidine rings is 1. The Hall–Kier alpha value is -3.03. The third-order valence-electron chi connectivity index (χ3n) is 4.68. The molecule has 1 aromatic carbocycles. The fourth-order valence-corrected chi connectivity index (χ4v) is 3.16. The van der Waals surface area contributed by atoms with Crippen LogP contribution in [0.25, 0.3) is 0 Å². The van der Waals surface area contributed by atoms with Crippen LogP contribution in [0.2, 0.25) is 0 Å². The molecule has 8 nitrogen and oxygen atoms in total. The van der Waals surface area contributed by atoms with Gasteiger partial charge in [0.2, 0.25) is 11.8 Å². The second-order valence-electron chi connectivity index (χ2n) is 6.45. The molecular formula is C20H25N3O5. The normalized spacial score (nSPS) is 14.5. The first kappa shape index (κ1) is 19.7. The summed E-state index contributed by atoms with van der Waals surface area (Å²) in [5.41, 5.74) is 0.897. The molecule has 0 saturated carbocycles. The van der Waals surface area contributed by atoms with E-state index in [2.05, 4.69) is 9.97 Å². The Kier molecular flexibility index (Phi) is 6.52. The molecule has 0 unspecified atom stereocenters. The van der Waals surface area contributed by atoms with Gasteiger partial charge in [0.15, 0.2) is 11.5 Å². The van der Waals surface area contributed by atoms with Crippen LogP contribution in [0.15, 0.2) is 30.5 Å². The lowest BCUT2D eigenvalue weighted by atomic mass is 10.1. The van der Waals surface area contributed by atoms with Crippen LogP contribution in [0.5, 0.6) is 23.4 Å². The minimum atomic E-state index is 0.0183. The van der Waals surface area contributed by atoms with E-state index in [1.165, 1.54) is 7.11 Å². The van der Waals surface area contributed by atoms with E-state index in [1.54, 1.807) is 26.5 Å². The number of hydrogen-bond donors (Lipinski definition) is 0. The van der Waals surface area contributed by atoms with E-state index in [4.69, 9.17) is 18.9 Å². The van der Waals surface area contributed by atoms with Crippen molar-refractivity contribution in [3.8, 4) is 23.4 Å². The number of carbonyl (C=O) groups is 1. The van der Waals surface area contributed by atoms with Crippen molar-refractivity contribution >= 4 is 5.91 Å². The summed E-state index contributed by atoms with van der Waals surface area (Å²) in [5, 5.41) is 0. The Morgan fingerprint density at radius 2 is 1.82 bits per heavy atom. The first-order valence-corrected chi connectivity index (χ1v) is 9.15. The van der Waals surface area contributed by atoms with Crippen LogP contribution in [0.4, 0.5) is 0 Å². The molecule has 0 spiro atoms. The molecule has 28 heavy (non-hydrogen) atoms. The largest absolute Gasteiger partial charge is 0.493 e. The maximum atomic E-state index is 12.6. The topological polar surface area (TPSA) is 83.0 Å². The standard InChI is InChI=1S/C20H25N3O5/c1-25-16-5-4-14(12-17(16)26-2)13-19(24)23-10-7-15(8-11-23)28-18-6-9-21-20(22-18)27-3/h4-6,9,12,15H,7-8,10-11,13H2,1-3H3. The first-order valence-electron chi connectivity index (χ1n) is 9.15. The van der Waals surface area contributed by atoms with Gasteiger partial charge in [0.25, 0.3) is 0 Å². The van der Waals surface area contributed by atoms with Crippen molar-refractivity contribution < 1.29 is 23.7 Å². The van der Waals surface area contributed by atoms with E-state index >= 15 is 0 Å². The average Bonchev–Trinajstić information content (AvgIpc) is 2.74. The van der Waals surface area contributed by atoms with Crippen LogP contribution in [-0.2, 0) is 11.2 Å². The van der Waals surface area contributed by atoms with Crippen molar-refractivity contribution in [2.45, 2.75) is 25.4 Å². The van der Waals surface area contributed by atoms with Gasteiger partial charge < -0.3 is 23.8 Å². The third kappa shape index (κ3) is 4.82. The van der Waals surface area contributed by atoms with Crippen LogP contribution in [0, 0.1) is 0 Å². The SMILES string of the molecule is COc1nccc(OC2CCN(C(=O)Cc3ccc(OC)c(OC)c3)CC2)n1. The number of carbonyl (C=O) groups excluding carboxylic acids is 1. The molecule has 1 aromatic heterocycles. The number of amides is 1. The lowest BCUT2D eigenvalue weighted by Gasteiger charge is -2.32. The predicted molar refractivity (Wildman–Crippen MR) is 102 cm³/mol. The lowest BCUT2D eigenvalue weighted by Crippen LogP contribution is -2.42. The third-order valence-corrected chi connectivity index (χ3v) is 4.68. The monoisotopic (exact) mass is 387 g/mol. The second kappa shape index (κ2) is 9.25. The molecule has 1 fully saturated rings. The van der Waals surface area contributed by atoms with Crippen molar-refractivity contribution in [3.05, 3.63) is 36.0 Å². The number of benzene rings is 1. The Bertz CT molecular complexity index is 806. The van der Waals surface area contributed by atoms with Gasteiger partial charge in [0, 0.05) is 38.2 Å². The molecule has 0 N–H and O–H groups in total. The predicted octanol–water partition coefficient (Wildman–Crippen LogP) is 2.11. The first-order chi connectivity index (χ1) is 13.6. The Morgan fingerprint density at radius 3 is 2.50 bits per heavy atom. The van der Waals surface area contributed by atoms with Gasteiger partial charge in [-0.2, -0.15) is 4.98 Å². The van der Waals surface area contributed by atoms with E-state index < -0.39 is 0 Å². The molecular weight excluding hydrogens is 362 g/mol. The van der Waals surface area contributed by atoms with Crippen molar-refractivity contribution in [1.29, 1.82) is 0 Å². The Morgan fingerprint density at radius 1 is 1.07 bits per heavy atom. The summed E-state index contributed by atoms with van der Waals surface area (Å²) in [7, 11) is 4.69. The summed E-state index contributed by atoms with van der Waals surface area (Å²) in [6.07, 6.45) is 3.45. The van der Waals surface area contributed by atoms with Gasteiger partial charge in [0.05, 0.1) is 27.8 Å². The Labute approximate surface area is 164 Å². The van der Waals surface area contributed by atoms with Gasteiger partial charge >= 0.3 is 6.01 Å². The van der Waals surface area contributed by atoms with Crippen molar-refractivity contribution in [2.75, 3.05) is 34.4 Å². The zero-order valence-corrected chi connectivity index (χ0v) is 16.4. The molecule has 150 valence electrons. The molecule has 1 aliphatic rings. The smallest absolute Gasteiger partial charge is 0.319 e. The maximum Gasteiger partial charge on any atom is 0.319 e. The number of likely N-dealkylation sites (tertiary alicyclic amines) is 1. The summed E-state index contributed by atoms with van der Waals surface area (Å²) in [6, 6.07) is 7.53. The number of ether oxygens (including phenoxy) is 4. The molecule has 1 aliphatic heterocycles. The van der Waals surface area contributed by atoms with E-state index in [1.807, 2.05) is 23.1 Å². The number of hydrogen-bond acceptors (Lipinski definition) is 7. The summed E-state index contributed by atoms with van der Waals surface area (Å²) in [4.78, 5) is 22.7. The van der Waals surface area contributed by atoms with Gasteiger partial charge in [-0.05, 0) is 17.7 Å². The zero-order chi connectivity index (χ0) is 19.9. The van der Waals surface area contributed by atoms with Crippen LogP contribution in [0.1, 0.15) is 18.4 Å².